The van der Waals surface area contributed by atoms with E-state index in [1.165, 1.54) is 42.3 Å². The van der Waals surface area contributed by atoms with Gasteiger partial charge in [-0.05, 0) is 12.8 Å². The number of thioether (sulfide) groups is 1. The predicted octanol–water partition coefficient (Wildman–Crippen LogP) is 1.09. The van der Waals surface area contributed by atoms with E-state index < -0.39 is 0 Å². The molecule has 1 fully saturated rings. The number of hydrogen-bond acceptors (Lipinski definition) is 2. The maximum atomic E-state index is 2.43. The molecule has 0 saturated carbocycles. The van der Waals surface area contributed by atoms with Gasteiger partial charge in [-0.15, -0.1) is 11.8 Å². The van der Waals surface area contributed by atoms with Crippen molar-refractivity contribution < 1.29 is 4.48 Å². The molecule has 12 heavy (non-hydrogen) atoms. The van der Waals surface area contributed by atoms with Crippen LogP contribution in [-0.2, 0) is 0 Å². The lowest BCUT2D eigenvalue weighted by molar-refractivity contribution is -0.901. The minimum atomic E-state index is 1.25. The van der Waals surface area contributed by atoms with E-state index in [1.807, 2.05) is 0 Å². The van der Waals surface area contributed by atoms with Crippen LogP contribution in [0.25, 0.3) is 0 Å². The summed E-state index contributed by atoms with van der Waals surface area (Å²) in [5.41, 5.74) is 0. The Balaban J connectivity index is 2.29. The quantitative estimate of drug-likeness (QED) is 0.611. The molecule has 0 spiro atoms. The third kappa shape index (κ3) is 2.96. The van der Waals surface area contributed by atoms with E-state index in [2.05, 4.69) is 37.7 Å². The van der Waals surface area contributed by atoms with Gasteiger partial charge in [0.2, 0.25) is 0 Å². The fourth-order valence-electron chi connectivity index (χ4n) is 1.49. The molecule has 0 unspecified atom stereocenters. The number of rotatable bonds is 3. The molecule has 0 bridgehead atoms. The highest BCUT2D eigenvalue weighted by Gasteiger charge is 2.26. The van der Waals surface area contributed by atoms with E-state index in [4.69, 9.17) is 0 Å². The molecule has 0 atom stereocenters. The average Bonchev–Trinajstić information content (AvgIpc) is 2.08. The van der Waals surface area contributed by atoms with E-state index >= 15 is 0 Å². The van der Waals surface area contributed by atoms with Gasteiger partial charge >= 0.3 is 0 Å². The van der Waals surface area contributed by atoms with Gasteiger partial charge in [-0.1, -0.05) is 6.92 Å². The maximum absolute atomic E-state index is 2.43. The molecular formula is C9H21N2S+. The molecule has 0 aliphatic carbocycles. The normalized spacial score (nSPS) is 24.2. The smallest absolute Gasteiger partial charge is 0.125 e. The van der Waals surface area contributed by atoms with Crippen molar-refractivity contribution in [1.29, 1.82) is 0 Å². The zero-order chi connectivity index (χ0) is 9.03. The van der Waals surface area contributed by atoms with E-state index in [0.717, 1.165) is 0 Å². The number of hydrogen-bond donors (Lipinski definition) is 0. The Hall–Kier alpha value is 0.270. The van der Waals surface area contributed by atoms with Crippen molar-refractivity contribution in [2.75, 3.05) is 51.9 Å². The molecule has 1 saturated heterocycles. The van der Waals surface area contributed by atoms with Gasteiger partial charge in [-0.3, -0.25) is 4.90 Å². The van der Waals surface area contributed by atoms with Crippen LogP contribution in [0.15, 0.2) is 0 Å². The molecular weight excluding hydrogens is 168 g/mol. The van der Waals surface area contributed by atoms with Crippen molar-refractivity contribution in [2.45, 2.75) is 6.92 Å². The molecule has 0 N–H and O–H groups in total. The Morgan fingerprint density at radius 2 is 1.92 bits per heavy atom. The first-order valence-corrected chi connectivity index (χ1v) is 5.91. The Morgan fingerprint density at radius 3 is 2.42 bits per heavy atom. The van der Waals surface area contributed by atoms with Crippen LogP contribution in [0.1, 0.15) is 6.92 Å². The molecule has 1 aliphatic rings. The van der Waals surface area contributed by atoms with Crippen molar-refractivity contribution in [3.63, 3.8) is 0 Å². The fourth-order valence-corrected chi connectivity index (χ4v) is 2.37. The first-order chi connectivity index (χ1) is 5.66. The molecule has 2 nitrogen and oxygen atoms in total. The number of quaternary nitrogens is 1. The lowest BCUT2D eigenvalue weighted by atomic mass is 10.3. The lowest BCUT2D eigenvalue weighted by Crippen LogP contribution is -2.56. The van der Waals surface area contributed by atoms with Crippen molar-refractivity contribution in [3.8, 4) is 0 Å². The highest BCUT2D eigenvalue weighted by atomic mass is 32.2. The molecule has 1 aliphatic heterocycles. The average molecular weight is 189 g/mol. The Labute approximate surface area is 80.5 Å². The summed E-state index contributed by atoms with van der Waals surface area (Å²) in [5.74, 6) is 2.55. The van der Waals surface area contributed by atoms with Crippen LogP contribution in [0.5, 0.6) is 0 Å². The molecule has 3 heteroatoms. The summed E-state index contributed by atoms with van der Waals surface area (Å²) in [6.07, 6.45) is 0. The minimum absolute atomic E-state index is 1.25. The standard InChI is InChI=1S/C9H21N2S/c1-4-12-9-11(3)7-5-10(2)6-8-11/h4-9H2,1-3H3/q+1. The second kappa shape index (κ2) is 4.49. The van der Waals surface area contributed by atoms with Gasteiger partial charge in [-0.2, -0.15) is 0 Å². The summed E-state index contributed by atoms with van der Waals surface area (Å²) in [5, 5.41) is 0. The molecule has 72 valence electrons. The third-order valence-corrected chi connectivity index (χ3v) is 3.86. The highest BCUT2D eigenvalue weighted by Crippen LogP contribution is 2.14. The van der Waals surface area contributed by atoms with Crippen molar-refractivity contribution in [2.24, 2.45) is 0 Å². The van der Waals surface area contributed by atoms with E-state index in [9.17, 15) is 0 Å². The molecule has 0 aromatic rings. The van der Waals surface area contributed by atoms with Gasteiger partial charge in [0.05, 0.1) is 20.1 Å². The zero-order valence-corrected chi connectivity index (χ0v) is 9.36. The van der Waals surface area contributed by atoms with E-state index in [0.29, 0.717) is 0 Å². The summed E-state index contributed by atoms with van der Waals surface area (Å²) in [4.78, 5) is 2.43. The second-order valence-corrected chi connectivity index (χ2v) is 5.24. The minimum Gasteiger partial charge on any atom is -0.315 e. The van der Waals surface area contributed by atoms with Crippen LogP contribution in [-0.4, -0.2) is 61.3 Å². The topological polar surface area (TPSA) is 3.24 Å². The Kier molecular flexibility index (Phi) is 3.87. The summed E-state index contributed by atoms with van der Waals surface area (Å²) in [6, 6.07) is 0. The lowest BCUT2D eigenvalue weighted by Gasteiger charge is -2.40. The third-order valence-electron chi connectivity index (χ3n) is 2.65. The van der Waals surface area contributed by atoms with Crippen LogP contribution in [0.2, 0.25) is 0 Å². The number of piperazine rings is 1. The van der Waals surface area contributed by atoms with Crippen molar-refractivity contribution in [3.05, 3.63) is 0 Å². The first kappa shape index (κ1) is 10.4. The molecule has 0 aromatic heterocycles. The first-order valence-electron chi connectivity index (χ1n) is 4.76. The Morgan fingerprint density at radius 1 is 1.33 bits per heavy atom. The molecule has 0 aromatic carbocycles. The number of nitrogens with zero attached hydrogens (tertiary/aromatic N) is 2. The van der Waals surface area contributed by atoms with Gasteiger partial charge in [0.15, 0.2) is 0 Å². The van der Waals surface area contributed by atoms with E-state index in [1.54, 1.807) is 0 Å². The second-order valence-electron chi connectivity index (χ2n) is 3.99. The summed E-state index contributed by atoms with van der Waals surface area (Å²) in [7, 11) is 4.60. The summed E-state index contributed by atoms with van der Waals surface area (Å²) in [6.45, 7) is 7.42. The van der Waals surface area contributed by atoms with Gasteiger partial charge < -0.3 is 4.48 Å². The van der Waals surface area contributed by atoms with Gasteiger partial charge in [0.25, 0.3) is 0 Å². The predicted molar refractivity (Wildman–Crippen MR) is 56.4 cm³/mol. The van der Waals surface area contributed by atoms with Crippen molar-refractivity contribution in [1.82, 2.24) is 4.90 Å². The monoisotopic (exact) mass is 189 g/mol. The summed E-state index contributed by atoms with van der Waals surface area (Å²) < 4.78 is 1.27. The van der Waals surface area contributed by atoms with Crippen LogP contribution in [0.4, 0.5) is 0 Å². The van der Waals surface area contributed by atoms with Crippen LogP contribution < -0.4 is 0 Å². The van der Waals surface area contributed by atoms with Crippen LogP contribution >= 0.6 is 11.8 Å². The molecule has 1 heterocycles. The number of likely N-dealkylation sites (N-methyl/N-ethyl adjacent to an activating group) is 2. The maximum Gasteiger partial charge on any atom is 0.125 e. The van der Waals surface area contributed by atoms with Crippen LogP contribution in [0, 0.1) is 0 Å². The SMILES string of the molecule is CCSC[N+]1(C)CCN(C)CC1. The summed E-state index contributed by atoms with van der Waals surface area (Å²) >= 11 is 2.07. The van der Waals surface area contributed by atoms with Crippen molar-refractivity contribution >= 4 is 11.8 Å². The van der Waals surface area contributed by atoms with Crippen LogP contribution in [0.3, 0.4) is 0 Å². The van der Waals surface area contributed by atoms with Gasteiger partial charge in [0, 0.05) is 13.1 Å². The zero-order valence-electron chi connectivity index (χ0n) is 8.55. The molecule has 1 rings (SSSR count). The van der Waals surface area contributed by atoms with Gasteiger partial charge in [0.1, 0.15) is 5.88 Å². The van der Waals surface area contributed by atoms with E-state index in [-0.39, 0.29) is 0 Å². The largest absolute Gasteiger partial charge is 0.315 e. The fraction of sp³-hybridized carbons (Fsp3) is 1.00. The highest BCUT2D eigenvalue weighted by molar-refractivity contribution is 7.99. The molecule has 0 radical (unpaired) electrons. The molecule has 0 amide bonds. The van der Waals surface area contributed by atoms with Gasteiger partial charge in [-0.25, -0.2) is 0 Å². The Bertz CT molecular complexity index is 125.